The maximum Gasteiger partial charge on any atom is 0.216 e. The van der Waals surface area contributed by atoms with Gasteiger partial charge in [-0.25, -0.2) is 0 Å². The van der Waals surface area contributed by atoms with Gasteiger partial charge in [-0.15, -0.1) is 0 Å². The minimum Gasteiger partial charge on any atom is -0.497 e. The lowest BCUT2D eigenvalue weighted by Crippen LogP contribution is -2.22. The van der Waals surface area contributed by atoms with Gasteiger partial charge in [0, 0.05) is 30.5 Å². The number of benzene rings is 1. The zero-order valence-electron chi connectivity index (χ0n) is 11.0. The molecule has 2 aromatic rings. The fraction of sp³-hybridized carbons (Fsp3) is 0.308. The third-order valence-electron chi connectivity index (χ3n) is 2.65. The number of methoxy groups -OCH3 is 1. The predicted molar refractivity (Wildman–Crippen MR) is 67.2 cm³/mol. The van der Waals surface area contributed by atoms with Crippen molar-refractivity contribution in [2.45, 2.75) is 13.3 Å². The van der Waals surface area contributed by atoms with Crippen LogP contribution in [0.1, 0.15) is 13.9 Å². The van der Waals surface area contributed by atoms with Crippen LogP contribution in [0.5, 0.6) is 5.75 Å². The molecule has 0 aliphatic rings. The van der Waals surface area contributed by atoms with E-state index in [1.54, 1.807) is 7.11 Å². The Bertz CT molecular complexity index is 578. The van der Waals surface area contributed by atoms with Crippen LogP contribution in [0.4, 0.5) is 0 Å². The number of rotatable bonds is 4. The van der Waals surface area contributed by atoms with Gasteiger partial charge in [-0.05, 0) is 30.2 Å². The molecule has 1 aromatic heterocycles. The molecule has 0 atom stereocenters. The summed E-state index contributed by atoms with van der Waals surface area (Å²) in [5, 5.41) is 3.71. The Kier molecular flexibility index (Phi) is 2.95. The first-order valence-electron chi connectivity index (χ1n) is 6.01. The van der Waals surface area contributed by atoms with Crippen molar-refractivity contribution in [1.82, 2.24) is 10.3 Å². The van der Waals surface area contributed by atoms with Crippen molar-refractivity contribution in [3.63, 3.8) is 0 Å². The van der Waals surface area contributed by atoms with E-state index in [9.17, 15) is 4.79 Å². The summed E-state index contributed by atoms with van der Waals surface area (Å²) in [6.45, 7) is 2.02. The van der Waals surface area contributed by atoms with Gasteiger partial charge in [0.15, 0.2) is 0 Å². The molecule has 0 bridgehead atoms. The topological polar surface area (TPSA) is 54.1 Å². The minimum atomic E-state index is -0.0565. The van der Waals surface area contributed by atoms with Crippen molar-refractivity contribution in [3.8, 4) is 5.75 Å². The molecular formula is C13H16N2O2. The van der Waals surface area contributed by atoms with Crippen LogP contribution < -0.4 is 10.1 Å². The number of aromatic amines is 1. The van der Waals surface area contributed by atoms with E-state index in [1.807, 2.05) is 18.2 Å². The number of ether oxygens (including phenoxy) is 1. The highest BCUT2D eigenvalue weighted by Gasteiger charge is 2.05. The molecule has 0 fully saturated rings. The number of aromatic nitrogens is 1. The highest BCUT2D eigenvalue weighted by molar-refractivity contribution is 5.84. The van der Waals surface area contributed by atoms with Gasteiger partial charge < -0.3 is 15.0 Å². The smallest absolute Gasteiger partial charge is 0.216 e. The zero-order chi connectivity index (χ0) is 13.1. The summed E-state index contributed by atoms with van der Waals surface area (Å²) in [5.74, 6) is 0.709. The Morgan fingerprint density at radius 2 is 2.41 bits per heavy atom. The molecule has 17 heavy (non-hydrogen) atoms. The molecule has 0 unspecified atom stereocenters. The first-order valence-corrected chi connectivity index (χ1v) is 5.51. The van der Waals surface area contributed by atoms with E-state index in [4.69, 9.17) is 6.11 Å². The van der Waals surface area contributed by atoms with Gasteiger partial charge in [-0.2, -0.15) is 0 Å². The monoisotopic (exact) mass is 233 g/mol. The van der Waals surface area contributed by atoms with Crippen LogP contribution in [-0.4, -0.2) is 24.5 Å². The standard InChI is InChI=1S/C13H16N2O2/c1-9(16)14-6-5-10-8-15-13-4-3-11(17-2)7-12(10)13/h3-4,7-8,15H,5-6H2,1-2H3,(H,14,16)/i8D. The highest BCUT2D eigenvalue weighted by atomic mass is 16.5. The van der Waals surface area contributed by atoms with Crippen molar-refractivity contribution >= 4 is 16.8 Å². The number of H-pyrrole nitrogens is 1. The molecule has 4 nitrogen and oxygen atoms in total. The normalized spacial score (nSPS) is 11.3. The Morgan fingerprint density at radius 1 is 1.59 bits per heavy atom. The summed E-state index contributed by atoms with van der Waals surface area (Å²) in [7, 11) is 1.62. The second-order valence-electron chi connectivity index (χ2n) is 3.87. The first kappa shape index (κ1) is 10.2. The molecule has 0 aliphatic heterocycles. The van der Waals surface area contributed by atoms with Crippen LogP contribution in [0.3, 0.4) is 0 Å². The van der Waals surface area contributed by atoms with E-state index in [0.717, 1.165) is 22.2 Å². The van der Waals surface area contributed by atoms with Crippen molar-refractivity contribution in [1.29, 1.82) is 0 Å². The van der Waals surface area contributed by atoms with Crippen LogP contribution in [0.25, 0.3) is 10.9 Å². The molecule has 1 amide bonds. The van der Waals surface area contributed by atoms with E-state index < -0.39 is 0 Å². The Morgan fingerprint density at radius 3 is 3.12 bits per heavy atom. The molecule has 0 saturated carbocycles. The number of carbonyl (C=O) groups is 1. The largest absolute Gasteiger partial charge is 0.497 e. The van der Waals surface area contributed by atoms with Gasteiger partial charge in [0.05, 0.1) is 8.48 Å². The maximum atomic E-state index is 10.8. The quantitative estimate of drug-likeness (QED) is 0.846. The fourth-order valence-electron chi connectivity index (χ4n) is 1.78. The third kappa shape index (κ3) is 2.58. The van der Waals surface area contributed by atoms with Gasteiger partial charge in [-0.3, -0.25) is 4.79 Å². The molecule has 0 radical (unpaired) electrons. The maximum absolute atomic E-state index is 10.8. The lowest BCUT2D eigenvalue weighted by Gasteiger charge is -2.03. The van der Waals surface area contributed by atoms with E-state index in [2.05, 4.69) is 10.3 Å². The molecule has 1 heterocycles. The molecule has 2 rings (SSSR count). The molecule has 0 spiro atoms. The van der Waals surface area contributed by atoms with Crippen molar-refractivity contribution < 1.29 is 10.9 Å². The zero-order valence-corrected chi connectivity index (χ0v) is 9.96. The van der Waals surface area contributed by atoms with Crippen LogP contribution >= 0.6 is 0 Å². The average molecular weight is 233 g/mol. The molecule has 0 saturated heterocycles. The number of hydrogen-bond acceptors (Lipinski definition) is 2. The summed E-state index contributed by atoms with van der Waals surface area (Å²) in [5.41, 5.74) is 1.82. The summed E-state index contributed by atoms with van der Waals surface area (Å²) in [6.07, 6.45) is 1.02. The fourth-order valence-corrected chi connectivity index (χ4v) is 1.78. The lowest BCUT2D eigenvalue weighted by atomic mass is 10.1. The van der Waals surface area contributed by atoms with Crippen LogP contribution in [0.15, 0.2) is 24.4 Å². The summed E-state index contributed by atoms with van der Waals surface area (Å²) in [6, 6.07) is 5.66. The first-order chi connectivity index (χ1) is 8.61. The van der Waals surface area contributed by atoms with Crippen molar-refractivity contribution in [3.05, 3.63) is 29.9 Å². The highest BCUT2D eigenvalue weighted by Crippen LogP contribution is 2.23. The van der Waals surface area contributed by atoms with Gasteiger partial charge in [-0.1, -0.05) is 0 Å². The molecule has 1 aromatic carbocycles. The molecule has 90 valence electrons. The van der Waals surface area contributed by atoms with Crippen molar-refractivity contribution in [2.75, 3.05) is 13.7 Å². The summed E-state index contributed by atoms with van der Waals surface area (Å²) >= 11 is 0. The minimum absolute atomic E-state index is 0.0565. The van der Waals surface area contributed by atoms with Crippen molar-refractivity contribution in [2.24, 2.45) is 0 Å². The summed E-state index contributed by atoms with van der Waals surface area (Å²) in [4.78, 5) is 13.9. The van der Waals surface area contributed by atoms with Crippen LogP contribution in [0, 0.1) is 0 Å². The van der Waals surface area contributed by atoms with E-state index in [-0.39, 0.29) is 5.91 Å². The van der Waals surface area contributed by atoms with Crippen LogP contribution in [0.2, 0.25) is 0 Å². The van der Waals surface area contributed by atoms with E-state index in [1.165, 1.54) is 6.92 Å². The summed E-state index contributed by atoms with van der Waals surface area (Å²) < 4.78 is 13.1. The number of nitrogens with one attached hydrogen (secondary N) is 2. The SMILES string of the molecule is [2H]c1[nH]c2ccc(OC)cc2c1CCNC(C)=O. The number of fused-ring (bicyclic) bond motifs is 1. The molecule has 0 aliphatic carbocycles. The predicted octanol–water partition coefficient (Wildman–Crippen LogP) is 1.86. The Labute approximate surface area is 101 Å². The Hall–Kier alpha value is -1.97. The van der Waals surface area contributed by atoms with Gasteiger partial charge in [0.25, 0.3) is 0 Å². The van der Waals surface area contributed by atoms with Gasteiger partial charge in [0.2, 0.25) is 5.91 Å². The Balaban J connectivity index is 2.29. The number of carbonyl (C=O) groups excluding carboxylic acids is 1. The second-order valence-corrected chi connectivity index (χ2v) is 3.87. The lowest BCUT2D eigenvalue weighted by molar-refractivity contribution is -0.118. The van der Waals surface area contributed by atoms with Gasteiger partial charge >= 0.3 is 0 Å². The van der Waals surface area contributed by atoms with E-state index in [0.29, 0.717) is 19.1 Å². The van der Waals surface area contributed by atoms with E-state index >= 15 is 0 Å². The molecular weight excluding hydrogens is 216 g/mol. The third-order valence-corrected chi connectivity index (χ3v) is 2.65. The number of hydrogen-bond donors (Lipinski definition) is 2. The van der Waals surface area contributed by atoms with Gasteiger partial charge in [0.1, 0.15) is 5.75 Å². The molecule has 4 heteroatoms. The second kappa shape index (κ2) is 4.91. The average Bonchev–Trinajstić information content (AvgIpc) is 2.64. The van der Waals surface area contributed by atoms with Crippen LogP contribution in [-0.2, 0) is 11.2 Å². The number of amides is 1. The molecule has 2 N–H and O–H groups in total.